The largest absolute Gasteiger partial charge is 0.361 e. The van der Waals surface area contributed by atoms with Gasteiger partial charge in [0, 0.05) is 36.2 Å². The summed E-state index contributed by atoms with van der Waals surface area (Å²) in [6.45, 7) is 17.4. The summed E-state index contributed by atoms with van der Waals surface area (Å²) in [4.78, 5) is 5.71. The molecule has 1 aromatic heterocycles. The molecule has 0 aliphatic carbocycles. The average molecular weight is 345 g/mol. The highest BCUT2D eigenvalue weighted by Gasteiger charge is 2.30. The second-order valence-electron chi connectivity index (χ2n) is 8.14. The molecule has 2 rings (SSSR count). The summed E-state index contributed by atoms with van der Waals surface area (Å²) in [7, 11) is 0. The van der Waals surface area contributed by atoms with Gasteiger partial charge >= 0.3 is 0 Å². The Morgan fingerprint density at radius 1 is 1.32 bits per heavy atom. The van der Waals surface area contributed by atoms with Crippen LogP contribution in [-0.2, 0) is 6.42 Å². The van der Waals surface area contributed by atoms with Gasteiger partial charge in [0.05, 0.1) is 0 Å². The van der Waals surface area contributed by atoms with Crippen molar-refractivity contribution in [2.75, 3.05) is 13.1 Å². The molecule has 0 bridgehead atoms. The lowest BCUT2D eigenvalue weighted by atomic mass is 9.80. The zero-order chi connectivity index (χ0) is 18.6. The second-order valence-corrected chi connectivity index (χ2v) is 8.14. The number of halogens is 1. The van der Waals surface area contributed by atoms with E-state index < -0.39 is 0 Å². The average Bonchev–Trinajstić information content (AvgIpc) is 2.97. The summed E-state index contributed by atoms with van der Waals surface area (Å²) in [5.74, 6) is 0.438. The van der Waals surface area contributed by atoms with Crippen LogP contribution in [0.5, 0.6) is 0 Å². The van der Waals surface area contributed by atoms with Crippen LogP contribution in [0.2, 0.25) is 0 Å². The Kier molecular flexibility index (Phi) is 6.45. The number of aromatic nitrogens is 1. The number of benzene rings is 1. The second kappa shape index (κ2) is 8.18. The Bertz CT molecular complexity index is 699. The van der Waals surface area contributed by atoms with Crippen LogP contribution in [0.1, 0.15) is 46.6 Å². The van der Waals surface area contributed by atoms with Crippen molar-refractivity contribution in [3.05, 3.63) is 48.4 Å². The summed E-state index contributed by atoms with van der Waals surface area (Å²) >= 11 is 0. The summed E-state index contributed by atoms with van der Waals surface area (Å²) < 4.78 is 14.2. The van der Waals surface area contributed by atoms with Crippen LogP contribution in [0.3, 0.4) is 0 Å². The Morgan fingerprint density at radius 3 is 2.64 bits per heavy atom. The quantitative estimate of drug-likeness (QED) is 0.570. The van der Waals surface area contributed by atoms with Crippen LogP contribution in [-0.4, -0.2) is 29.0 Å². The Morgan fingerprint density at radius 2 is 2.04 bits per heavy atom. The van der Waals surface area contributed by atoms with E-state index in [9.17, 15) is 4.39 Å². The number of fused-ring (bicyclic) bond motifs is 1. The van der Waals surface area contributed by atoms with Crippen LogP contribution in [0.25, 0.3) is 10.9 Å². The predicted molar refractivity (Wildman–Crippen MR) is 106 cm³/mol. The molecule has 0 spiro atoms. The molecule has 1 atom stereocenters. The van der Waals surface area contributed by atoms with E-state index in [-0.39, 0.29) is 11.2 Å². The van der Waals surface area contributed by atoms with Gasteiger partial charge in [0.1, 0.15) is 5.82 Å². The molecule has 0 radical (unpaired) electrons. The van der Waals surface area contributed by atoms with E-state index in [2.05, 4.69) is 57.2 Å². The third-order valence-corrected chi connectivity index (χ3v) is 5.33. The monoisotopic (exact) mass is 344 g/mol. The van der Waals surface area contributed by atoms with Crippen molar-refractivity contribution in [3.63, 3.8) is 0 Å². The van der Waals surface area contributed by atoms with Gasteiger partial charge in [-0.25, -0.2) is 4.39 Å². The lowest BCUT2D eigenvalue weighted by Crippen LogP contribution is -2.46. The molecule has 2 aromatic rings. The van der Waals surface area contributed by atoms with E-state index in [1.54, 1.807) is 6.07 Å². The maximum atomic E-state index is 14.2. The number of hydrogen-bond acceptors (Lipinski definition) is 1. The van der Waals surface area contributed by atoms with Crippen molar-refractivity contribution in [2.24, 2.45) is 11.3 Å². The van der Waals surface area contributed by atoms with Gasteiger partial charge in [0.25, 0.3) is 0 Å². The van der Waals surface area contributed by atoms with Gasteiger partial charge in [-0.2, -0.15) is 0 Å². The summed E-state index contributed by atoms with van der Waals surface area (Å²) in [6.07, 6.45) is 5.97. The van der Waals surface area contributed by atoms with Crippen molar-refractivity contribution in [3.8, 4) is 0 Å². The van der Waals surface area contributed by atoms with Crippen LogP contribution < -0.4 is 0 Å². The summed E-state index contributed by atoms with van der Waals surface area (Å²) in [5.41, 5.74) is 2.10. The predicted octanol–water partition coefficient (Wildman–Crippen LogP) is 5.80. The number of H-pyrrole nitrogens is 1. The molecule has 2 nitrogen and oxygen atoms in total. The molecule has 1 aromatic carbocycles. The summed E-state index contributed by atoms with van der Waals surface area (Å²) in [5, 5.41) is 0.733. The van der Waals surface area contributed by atoms with Crippen LogP contribution in [0.15, 0.2) is 37.1 Å². The van der Waals surface area contributed by atoms with E-state index in [4.69, 9.17) is 0 Å². The molecule has 1 heterocycles. The highest BCUT2D eigenvalue weighted by molar-refractivity contribution is 5.83. The number of aromatic amines is 1. The first kappa shape index (κ1) is 19.7. The number of nitrogens with zero attached hydrogens (tertiary/aromatic N) is 1. The smallest absolute Gasteiger partial charge is 0.132 e. The number of nitrogens with one attached hydrogen (secondary N) is 1. The first-order chi connectivity index (χ1) is 11.8. The highest BCUT2D eigenvalue weighted by Crippen LogP contribution is 2.31. The van der Waals surface area contributed by atoms with E-state index in [1.165, 1.54) is 6.07 Å². The van der Waals surface area contributed by atoms with E-state index in [1.807, 2.05) is 12.3 Å². The van der Waals surface area contributed by atoms with Gasteiger partial charge in [-0.05, 0) is 41.9 Å². The first-order valence-corrected chi connectivity index (χ1v) is 9.41. The minimum atomic E-state index is -0.140. The highest BCUT2D eigenvalue weighted by atomic mass is 19.1. The van der Waals surface area contributed by atoms with Crippen LogP contribution in [0, 0.1) is 17.2 Å². The van der Waals surface area contributed by atoms with E-state index >= 15 is 0 Å². The summed E-state index contributed by atoms with van der Waals surface area (Å²) in [6, 6.07) is 5.54. The van der Waals surface area contributed by atoms with Gasteiger partial charge in [0.2, 0.25) is 0 Å². The van der Waals surface area contributed by atoms with Crippen molar-refractivity contribution in [1.29, 1.82) is 0 Å². The molecule has 1 N–H and O–H groups in total. The van der Waals surface area contributed by atoms with Crippen LogP contribution in [0.4, 0.5) is 4.39 Å². The topological polar surface area (TPSA) is 19.0 Å². The van der Waals surface area contributed by atoms with Gasteiger partial charge in [0.15, 0.2) is 0 Å². The first-order valence-electron chi connectivity index (χ1n) is 9.41. The van der Waals surface area contributed by atoms with Crippen molar-refractivity contribution in [2.45, 2.75) is 53.5 Å². The molecule has 0 aliphatic rings. The molecular weight excluding hydrogens is 311 g/mol. The zero-order valence-corrected chi connectivity index (χ0v) is 16.4. The lowest BCUT2D eigenvalue weighted by molar-refractivity contribution is 0.107. The molecule has 1 unspecified atom stereocenters. The fraction of sp³-hybridized carbons (Fsp3) is 0.545. The lowest BCUT2D eigenvalue weighted by Gasteiger charge is -2.41. The number of hydrogen-bond donors (Lipinski definition) is 1. The fourth-order valence-corrected chi connectivity index (χ4v) is 3.65. The fourth-order valence-electron chi connectivity index (χ4n) is 3.65. The van der Waals surface area contributed by atoms with Gasteiger partial charge in [-0.15, -0.1) is 6.58 Å². The molecule has 138 valence electrons. The zero-order valence-electron chi connectivity index (χ0n) is 16.4. The normalized spacial score (nSPS) is 13.8. The number of rotatable bonds is 9. The van der Waals surface area contributed by atoms with Crippen molar-refractivity contribution >= 4 is 10.9 Å². The Balaban J connectivity index is 2.23. The third kappa shape index (κ3) is 4.52. The maximum absolute atomic E-state index is 14.2. The molecule has 0 saturated carbocycles. The minimum absolute atomic E-state index is 0.140. The molecule has 0 saturated heterocycles. The molecule has 0 fully saturated rings. The third-order valence-electron chi connectivity index (χ3n) is 5.33. The minimum Gasteiger partial charge on any atom is -0.361 e. The molecule has 25 heavy (non-hydrogen) atoms. The molecular formula is C22H33FN2. The van der Waals surface area contributed by atoms with Gasteiger partial charge in [-0.1, -0.05) is 46.8 Å². The van der Waals surface area contributed by atoms with E-state index in [0.717, 1.165) is 42.4 Å². The molecule has 3 heteroatoms. The van der Waals surface area contributed by atoms with Crippen LogP contribution >= 0.6 is 0 Å². The van der Waals surface area contributed by atoms with E-state index in [0.29, 0.717) is 12.0 Å². The Labute approximate surface area is 152 Å². The maximum Gasteiger partial charge on any atom is 0.132 e. The molecule has 0 amide bonds. The van der Waals surface area contributed by atoms with Gasteiger partial charge < -0.3 is 4.98 Å². The van der Waals surface area contributed by atoms with Crippen molar-refractivity contribution < 1.29 is 4.39 Å². The van der Waals surface area contributed by atoms with Gasteiger partial charge in [-0.3, -0.25) is 4.90 Å². The Hall–Kier alpha value is -1.61. The van der Waals surface area contributed by atoms with Crippen molar-refractivity contribution in [1.82, 2.24) is 9.88 Å². The molecule has 0 aliphatic heterocycles. The SMILES string of the molecule is C=CC(N(CCc1c[nH]c2cccc(F)c12)CC(C)C)C(C)(C)CC. The standard InChI is InChI=1S/C22H33FN2/c1-7-20(22(5,6)8-2)25(15-16(3)4)13-12-17-14-24-19-11-9-10-18(23)21(17)19/h7,9-11,14,16,20,24H,1,8,12-13,15H2,2-6H3.